The van der Waals surface area contributed by atoms with E-state index in [1.807, 2.05) is 0 Å². The second kappa shape index (κ2) is 5.23. The van der Waals surface area contributed by atoms with Crippen molar-refractivity contribution in [2.45, 2.75) is 44.9 Å². The molecule has 78 valence electrons. The number of allylic oxidation sites excluding steroid dienone is 3. The average molecular weight is 191 g/mol. The summed E-state index contributed by atoms with van der Waals surface area (Å²) in [6.45, 7) is 2.57. The number of hydrogen-bond donors (Lipinski definition) is 0. The van der Waals surface area contributed by atoms with E-state index in [1.165, 1.54) is 58.0 Å². The van der Waals surface area contributed by atoms with E-state index in [9.17, 15) is 0 Å². The van der Waals surface area contributed by atoms with Crippen LogP contribution in [-0.4, -0.2) is 18.0 Å². The molecular weight excluding hydrogens is 170 g/mol. The third-order valence-corrected chi connectivity index (χ3v) is 3.18. The van der Waals surface area contributed by atoms with Crippen LogP contribution in [0.3, 0.4) is 0 Å². The molecule has 1 aliphatic carbocycles. The van der Waals surface area contributed by atoms with Gasteiger partial charge in [-0.2, -0.15) is 0 Å². The van der Waals surface area contributed by atoms with Crippen LogP contribution in [0.15, 0.2) is 23.9 Å². The largest absolute Gasteiger partial charge is 0.377 e. The Morgan fingerprint density at radius 3 is 2.43 bits per heavy atom. The standard InChI is InChI=1S/C13H21N/c1-2-7-11-14(10-6-1)12-13-8-4-3-5-9-13/h3-4,12H,1-2,5-11H2. The molecule has 0 saturated carbocycles. The number of hydrogen-bond acceptors (Lipinski definition) is 1. The van der Waals surface area contributed by atoms with Crippen LogP contribution >= 0.6 is 0 Å². The summed E-state index contributed by atoms with van der Waals surface area (Å²) in [5, 5.41) is 0. The summed E-state index contributed by atoms with van der Waals surface area (Å²) in [5.74, 6) is 0. The molecule has 2 aliphatic rings. The zero-order chi connectivity index (χ0) is 9.64. The van der Waals surface area contributed by atoms with Gasteiger partial charge in [0, 0.05) is 13.1 Å². The van der Waals surface area contributed by atoms with E-state index in [-0.39, 0.29) is 0 Å². The summed E-state index contributed by atoms with van der Waals surface area (Å²) in [5.41, 5.74) is 1.63. The molecule has 0 amide bonds. The lowest BCUT2D eigenvalue weighted by molar-refractivity contribution is 0.386. The highest BCUT2D eigenvalue weighted by atomic mass is 15.1. The molecular formula is C13H21N. The van der Waals surface area contributed by atoms with Gasteiger partial charge in [0.25, 0.3) is 0 Å². The van der Waals surface area contributed by atoms with E-state index in [0.717, 1.165) is 0 Å². The molecule has 1 saturated heterocycles. The average Bonchev–Trinajstić information content (AvgIpc) is 2.48. The molecule has 1 nitrogen and oxygen atoms in total. The second-order valence-electron chi connectivity index (χ2n) is 4.45. The lowest BCUT2D eigenvalue weighted by Gasteiger charge is -2.20. The van der Waals surface area contributed by atoms with Crippen LogP contribution < -0.4 is 0 Å². The van der Waals surface area contributed by atoms with Gasteiger partial charge in [-0.3, -0.25) is 0 Å². The van der Waals surface area contributed by atoms with Crippen molar-refractivity contribution < 1.29 is 0 Å². The predicted octanol–water partition coefficient (Wildman–Crippen LogP) is 3.49. The van der Waals surface area contributed by atoms with Gasteiger partial charge in [0.05, 0.1) is 0 Å². The molecule has 0 atom stereocenters. The summed E-state index contributed by atoms with van der Waals surface area (Å²) < 4.78 is 0. The van der Waals surface area contributed by atoms with Gasteiger partial charge in [-0.25, -0.2) is 0 Å². The van der Waals surface area contributed by atoms with Gasteiger partial charge in [0.2, 0.25) is 0 Å². The number of rotatable bonds is 1. The lowest BCUT2D eigenvalue weighted by Crippen LogP contribution is -2.18. The highest BCUT2D eigenvalue weighted by molar-refractivity contribution is 5.12. The summed E-state index contributed by atoms with van der Waals surface area (Å²) >= 11 is 0. The summed E-state index contributed by atoms with van der Waals surface area (Å²) in [4.78, 5) is 2.54. The van der Waals surface area contributed by atoms with E-state index in [4.69, 9.17) is 0 Å². The van der Waals surface area contributed by atoms with Crippen molar-refractivity contribution in [3.05, 3.63) is 23.9 Å². The fraction of sp³-hybridized carbons (Fsp3) is 0.692. The minimum atomic E-state index is 1.19. The van der Waals surface area contributed by atoms with Crippen molar-refractivity contribution in [3.8, 4) is 0 Å². The molecule has 0 unspecified atom stereocenters. The van der Waals surface area contributed by atoms with E-state index in [2.05, 4.69) is 23.3 Å². The minimum absolute atomic E-state index is 1.19. The Balaban J connectivity index is 1.90. The first-order chi connectivity index (χ1) is 6.95. The van der Waals surface area contributed by atoms with Crippen LogP contribution in [0.5, 0.6) is 0 Å². The Labute approximate surface area is 87.5 Å². The predicted molar refractivity (Wildman–Crippen MR) is 61.1 cm³/mol. The summed E-state index contributed by atoms with van der Waals surface area (Å²) in [6, 6.07) is 0. The first-order valence-electron chi connectivity index (χ1n) is 6.04. The van der Waals surface area contributed by atoms with Crippen LogP contribution in [0, 0.1) is 0 Å². The molecule has 0 bridgehead atoms. The molecule has 1 heteroatoms. The van der Waals surface area contributed by atoms with Crippen molar-refractivity contribution in [2.75, 3.05) is 13.1 Å². The molecule has 0 spiro atoms. The normalized spacial score (nSPS) is 26.6. The smallest absolute Gasteiger partial charge is 0.0172 e. The zero-order valence-corrected chi connectivity index (χ0v) is 9.04. The Hall–Kier alpha value is -0.720. The fourth-order valence-electron chi connectivity index (χ4n) is 2.32. The molecule has 0 N–H and O–H groups in total. The molecule has 0 aromatic carbocycles. The SMILES string of the molecule is C1=CCC(=CN2CCCCCC2)CC1. The van der Waals surface area contributed by atoms with Gasteiger partial charge >= 0.3 is 0 Å². The molecule has 0 aromatic heterocycles. The first kappa shape index (κ1) is 9.82. The van der Waals surface area contributed by atoms with Gasteiger partial charge in [-0.15, -0.1) is 0 Å². The molecule has 1 aliphatic heterocycles. The van der Waals surface area contributed by atoms with Crippen molar-refractivity contribution in [1.82, 2.24) is 4.90 Å². The molecule has 14 heavy (non-hydrogen) atoms. The Bertz CT molecular complexity index is 219. The van der Waals surface area contributed by atoms with E-state index in [0.29, 0.717) is 0 Å². The van der Waals surface area contributed by atoms with Crippen LogP contribution in [0.1, 0.15) is 44.9 Å². The first-order valence-corrected chi connectivity index (χ1v) is 6.04. The Morgan fingerprint density at radius 2 is 1.79 bits per heavy atom. The van der Waals surface area contributed by atoms with Crippen molar-refractivity contribution in [1.29, 1.82) is 0 Å². The lowest BCUT2D eigenvalue weighted by atomic mass is 10.0. The minimum Gasteiger partial charge on any atom is -0.377 e. The molecule has 1 heterocycles. The third-order valence-electron chi connectivity index (χ3n) is 3.18. The van der Waals surface area contributed by atoms with E-state index >= 15 is 0 Å². The molecule has 2 rings (SSSR count). The quantitative estimate of drug-likeness (QED) is 0.573. The van der Waals surface area contributed by atoms with Crippen LogP contribution in [0.4, 0.5) is 0 Å². The number of likely N-dealkylation sites (tertiary alicyclic amines) is 1. The van der Waals surface area contributed by atoms with Gasteiger partial charge in [-0.05, 0) is 38.3 Å². The van der Waals surface area contributed by atoms with Gasteiger partial charge in [-0.1, -0.05) is 30.6 Å². The topological polar surface area (TPSA) is 3.24 Å². The van der Waals surface area contributed by atoms with Crippen LogP contribution in [-0.2, 0) is 0 Å². The zero-order valence-electron chi connectivity index (χ0n) is 9.04. The van der Waals surface area contributed by atoms with Crippen molar-refractivity contribution in [3.63, 3.8) is 0 Å². The highest BCUT2D eigenvalue weighted by Gasteiger charge is 2.07. The van der Waals surface area contributed by atoms with Gasteiger partial charge in [0.15, 0.2) is 0 Å². The van der Waals surface area contributed by atoms with Crippen molar-refractivity contribution >= 4 is 0 Å². The van der Waals surface area contributed by atoms with Gasteiger partial charge < -0.3 is 4.90 Å². The maximum atomic E-state index is 2.54. The molecule has 0 aromatic rings. The van der Waals surface area contributed by atoms with Crippen LogP contribution in [0.25, 0.3) is 0 Å². The number of nitrogens with zero attached hydrogens (tertiary/aromatic N) is 1. The maximum Gasteiger partial charge on any atom is 0.0172 e. The molecule has 1 fully saturated rings. The van der Waals surface area contributed by atoms with Gasteiger partial charge in [0.1, 0.15) is 0 Å². The van der Waals surface area contributed by atoms with Crippen LogP contribution in [0.2, 0.25) is 0 Å². The fourth-order valence-corrected chi connectivity index (χ4v) is 2.32. The molecule has 0 radical (unpaired) electrons. The Kier molecular flexibility index (Phi) is 3.67. The second-order valence-corrected chi connectivity index (χ2v) is 4.45. The van der Waals surface area contributed by atoms with E-state index in [1.54, 1.807) is 5.57 Å². The summed E-state index contributed by atoms with van der Waals surface area (Å²) in [7, 11) is 0. The Morgan fingerprint density at radius 1 is 1.00 bits per heavy atom. The van der Waals surface area contributed by atoms with Crippen molar-refractivity contribution in [2.24, 2.45) is 0 Å². The monoisotopic (exact) mass is 191 g/mol. The highest BCUT2D eigenvalue weighted by Crippen LogP contribution is 2.19. The summed E-state index contributed by atoms with van der Waals surface area (Å²) in [6.07, 6.45) is 16.4. The third kappa shape index (κ3) is 2.90. The maximum absolute atomic E-state index is 2.54. The van der Waals surface area contributed by atoms with E-state index < -0.39 is 0 Å².